The van der Waals surface area contributed by atoms with Crippen LogP contribution in [0.4, 0.5) is 0 Å². The molecule has 1 aliphatic heterocycles. The average Bonchev–Trinajstić information content (AvgIpc) is 3.75. The fraction of sp³-hybridized carbons (Fsp3) is 0.0784. The third kappa shape index (κ3) is 4.85. The van der Waals surface area contributed by atoms with E-state index in [0.717, 1.165) is 72.7 Å². The van der Waals surface area contributed by atoms with E-state index in [-0.39, 0.29) is 12.0 Å². The minimum Gasteiger partial charge on any atom is -0.456 e. The van der Waals surface area contributed by atoms with Gasteiger partial charge in [-0.05, 0) is 92.6 Å². The van der Waals surface area contributed by atoms with Gasteiger partial charge in [-0.15, -0.1) is 0 Å². The van der Waals surface area contributed by atoms with E-state index in [1.54, 1.807) is 0 Å². The van der Waals surface area contributed by atoms with Gasteiger partial charge in [0.05, 0.1) is 11.8 Å². The van der Waals surface area contributed by atoms with Gasteiger partial charge in [0.25, 0.3) is 0 Å². The molecule has 0 spiro atoms. The Morgan fingerprint density at radius 3 is 2.02 bits per heavy atom. The molecule has 2 aromatic heterocycles. The monoisotopic (exact) mass is 693 g/mol. The molecule has 256 valence electrons. The van der Waals surface area contributed by atoms with Crippen molar-refractivity contribution in [3.8, 4) is 11.1 Å². The predicted molar refractivity (Wildman–Crippen MR) is 225 cm³/mol. The highest BCUT2D eigenvalue weighted by atomic mass is 16.3. The van der Waals surface area contributed by atoms with Crippen LogP contribution in [0.2, 0.25) is 0 Å². The lowest BCUT2D eigenvalue weighted by atomic mass is 9.87. The fourth-order valence-corrected chi connectivity index (χ4v) is 8.87. The maximum Gasteiger partial charge on any atom is 0.143 e. The zero-order valence-corrected chi connectivity index (χ0v) is 29.8. The van der Waals surface area contributed by atoms with Crippen LogP contribution in [0.25, 0.3) is 82.1 Å². The Labute approximate surface area is 312 Å². The van der Waals surface area contributed by atoms with E-state index in [2.05, 4.69) is 159 Å². The largest absolute Gasteiger partial charge is 0.456 e. The van der Waals surface area contributed by atoms with Crippen molar-refractivity contribution in [3.63, 3.8) is 0 Å². The van der Waals surface area contributed by atoms with Crippen LogP contribution in [0.5, 0.6) is 0 Å². The molecule has 54 heavy (non-hydrogen) atoms. The third-order valence-electron chi connectivity index (χ3n) is 11.4. The quantitative estimate of drug-likeness (QED) is 0.172. The Hall–Kier alpha value is -6.71. The highest BCUT2D eigenvalue weighted by molar-refractivity contribution is 6.26. The molecular formula is C51H35NO2. The average molecular weight is 694 g/mol. The molecule has 3 nitrogen and oxygen atoms in total. The van der Waals surface area contributed by atoms with Crippen LogP contribution in [-0.4, -0.2) is 5.71 Å². The van der Waals surface area contributed by atoms with Gasteiger partial charge in [-0.1, -0.05) is 140 Å². The number of para-hydroxylation sites is 2. The van der Waals surface area contributed by atoms with Crippen molar-refractivity contribution < 1.29 is 8.83 Å². The van der Waals surface area contributed by atoms with Crippen LogP contribution < -0.4 is 0 Å². The molecule has 0 bridgehead atoms. The number of aliphatic imine (C=N–C) groups is 1. The second-order valence-corrected chi connectivity index (χ2v) is 14.7. The third-order valence-corrected chi connectivity index (χ3v) is 11.4. The lowest BCUT2D eigenvalue weighted by Crippen LogP contribution is -2.09. The SMILES string of the molecule is CC1CC(c2ccccc2)=CC(c2ccc(-c3cccc4oc5ccccc5c34)c3oc4ccccc4c23)=NC1c1ccc2c(ccc3ccccc32)c1. The van der Waals surface area contributed by atoms with Gasteiger partial charge in [0.2, 0.25) is 0 Å². The first-order valence-corrected chi connectivity index (χ1v) is 18.8. The summed E-state index contributed by atoms with van der Waals surface area (Å²) in [6.07, 6.45) is 3.24. The fourth-order valence-electron chi connectivity index (χ4n) is 8.87. The minimum atomic E-state index is -0.0488. The van der Waals surface area contributed by atoms with E-state index in [1.165, 1.54) is 38.2 Å². The van der Waals surface area contributed by atoms with Crippen molar-refractivity contribution in [2.24, 2.45) is 10.9 Å². The van der Waals surface area contributed by atoms with Crippen LogP contribution in [0, 0.1) is 5.92 Å². The van der Waals surface area contributed by atoms with Gasteiger partial charge >= 0.3 is 0 Å². The number of allylic oxidation sites excluding steroid dienone is 2. The normalized spacial score (nSPS) is 16.4. The number of fused-ring (bicyclic) bond motifs is 9. The molecule has 2 atom stereocenters. The van der Waals surface area contributed by atoms with E-state index in [9.17, 15) is 0 Å². The summed E-state index contributed by atoms with van der Waals surface area (Å²) in [5.41, 5.74) is 11.4. The molecule has 10 aromatic rings. The summed E-state index contributed by atoms with van der Waals surface area (Å²) < 4.78 is 13.2. The molecule has 0 fully saturated rings. The standard InChI is InChI=1S/C51H35NO2/c1-31-28-36(32-12-3-2-4-13-32)30-44(52-50(31)35-24-25-38-34(29-35)23-22-33-14-5-6-15-37(33)38)41-27-26-40(51-49(41)43-17-8-10-20-46(43)54-51)39-18-11-21-47-48(39)42-16-7-9-19-45(42)53-47/h2-27,29-31,50H,28H2,1H3. The van der Waals surface area contributed by atoms with E-state index in [4.69, 9.17) is 13.8 Å². The number of hydrogen-bond acceptors (Lipinski definition) is 3. The summed E-state index contributed by atoms with van der Waals surface area (Å²) in [4.78, 5) is 5.75. The zero-order chi connectivity index (χ0) is 35.8. The predicted octanol–water partition coefficient (Wildman–Crippen LogP) is 14.1. The maximum absolute atomic E-state index is 6.86. The van der Waals surface area contributed by atoms with Crippen molar-refractivity contribution in [2.75, 3.05) is 0 Å². The van der Waals surface area contributed by atoms with Crippen molar-refractivity contribution >= 4 is 76.7 Å². The van der Waals surface area contributed by atoms with Gasteiger partial charge in [0.15, 0.2) is 0 Å². The van der Waals surface area contributed by atoms with Crippen LogP contribution in [0.15, 0.2) is 184 Å². The molecular weight excluding hydrogens is 659 g/mol. The lowest BCUT2D eigenvalue weighted by molar-refractivity contribution is 0.487. The smallest absolute Gasteiger partial charge is 0.143 e. The summed E-state index contributed by atoms with van der Waals surface area (Å²) in [6.45, 7) is 2.35. The molecule has 2 unspecified atom stereocenters. The second kappa shape index (κ2) is 12.2. The van der Waals surface area contributed by atoms with Crippen LogP contribution in [-0.2, 0) is 0 Å². The zero-order valence-electron chi connectivity index (χ0n) is 29.8. The first-order chi connectivity index (χ1) is 26.7. The Bertz CT molecular complexity index is 3160. The summed E-state index contributed by atoms with van der Waals surface area (Å²) in [6, 6.07) is 58.3. The van der Waals surface area contributed by atoms with Gasteiger partial charge in [0, 0.05) is 32.7 Å². The summed E-state index contributed by atoms with van der Waals surface area (Å²) in [5.74, 6) is 0.259. The molecule has 8 aromatic carbocycles. The first kappa shape index (κ1) is 30.9. The molecule has 0 amide bonds. The first-order valence-electron chi connectivity index (χ1n) is 18.8. The molecule has 0 N–H and O–H groups in total. The van der Waals surface area contributed by atoms with Crippen molar-refractivity contribution in [1.82, 2.24) is 0 Å². The number of hydrogen-bond donors (Lipinski definition) is 0. The summed E-state index contributed by atoms with van der Waals surface area (Å²) in [5, 5.41) is 9.40. The summed E-state index contributed by atoms with van der Waals surface area (Å²) in [7, 11) is 0. The Kier molecular flexibility index (Phi) is 6.96. The van der Waals surface area contributed by atoms with E-state index >= 15 is 0 Å². The lowest BCUT2D eigenvalue weighted by Gasteiger charge is -2.21. The van der Waals surface area contributed by atoms with Crippen LogP contribution in [0.1, 0.15) is 36.1 Å². The molecule has 3 heterocycles. The van der Waals surface area contributed by atoms with Crippen molar-refractivity contribution in [1.29, 1.82) is 0 Å². The Morgan fingerprint density at radius 1 is 0.500 bits per heavy atom. The number of benzene rings is 8. The van der Waals surface area contributed by atoms with Gasteiger partial charge < -0.3 is 8.83 Å². The number of furan rings is 2. The Balaban J connectivity index is 1.15. The van der Waals surface area contributed by atoms with Crippen LogP contribution >= 0.6 is 0 Å². The van der Waals surface area contributed by atoms with E-state index in [0.29, 0.717) is 0 Å². The molecule has 0 aliphatic carbocycles. The van der Waals surface area contributed by atoms with Gasteiger partial charge in [-0.25, -0.2) is 0 Å². The molecule has 11 rings (SSSR count). The highest BCUT2D eigenvalue weighted by Gasteiger charge is 2.27. The molecule has 1 aliphatic rings. The molecule has 3 heteroatoms. The van der Waals surface area contributed by atoms with Crippen molar-refractivity contribution in [2.45, 2.75) is 19.4 Å². The van der Waals surface area contributed by atoms with Gasteiger partial charge in [-0.3, -0.25) is 4.99 Å². The van der Waals surface area contributed by atoms with Crippen LogP contribution in [0.3, 0.4) is 0 Å². The van der Waals surface area contributed by atoms with E-state index < -0.39 is 0 Å². The topological polar surface area (TPSA) is 38.6 Å². The number of rotatable bonds is 4. The van der Waals surface area contributed by atoms with Gasteiger partial charge in [0.1, 0.15) is 22.3 Å². The second-order valence-electron chi connectivity index (χ2n) is 14.7. The Morgan fingerprint density at radius 2 is 1.17 bits per heavy atom. The van der Waals surface area contributed by atoms with Gasteiger partial charge in [-0.2, -0.15) is 0 Å². The molecule has 0 radical (unpaired) electrons. The summed E-state index contributed by atoms with van der Waals surface area (Å²) >= 11 is 0. The minimum absolute atomic E-state index is 0.0488. The van der Waals surface area contributed by atoms with E-state index in [1.807, 2.05) is 18.2 Å². The molecule has 0 saturated carbocycles. The number of nitrogens with zero attached hydrogens (tertiary/aromatic N) is 1. The highest BCUT2D eigenvalue weighted by Crippen LogP contribution is 2.45. The van der Waals surface area contributed by atoms with Crippen molar-refractivity contribution in [3.05, 3.63) is 187 Å². The molecule has 0 saturated heterocycles. The maximum atomic E-state index is 6.86.